The number of ether oxygens (including phenoxy) is 1. The molecule has 2 aromatic rings. The molecule has 0 bridgehead atoms. The van der Waals surface area contributed by atoms with Gasteiger partial charge in [-0.1, -0.05) is 25.8 Å². The predicted octanol–water partition coefficient (Wildman–Crippen LogP) is 4.93. The summed E-state index contributed by atoms with van der Waals surface area (Å²) >= 11 is 6.09. The van der Waals surface area contributed by atoms with Crippen molar-refractivity contribution in [1.82, 2.24) is 9.55 Å². The number of fused-ring (bicyclic) bond motifs is 1. The van der Waals surface area contributed by atoms with Gasteiger partial charge in [0, 0.05) is 6.04 Å². The Morgan fingerprint density at radius 3 is 2.80 bits per heavy atom. The van der Waals surface area contributed by atoms with Gasteiger partial charge in [-0.3, -0.25) is 0 Å². The summed E-state index contributed by atoms with van der Waals surface area (Å²) in [6.07, 6.45) is 3.57. The molecule has 0 radical (unpaired) electrons. The molecule has 0 saturated heterocycles. The second-order valence-corrected chi connectivity index (χ2v) is 5.35. The van der Waals surface area contributed by atoms with Gasteiger partial charge in [0.2, 0.25) is 0 Å². The maximum atomic E-state index is 6.09. The molecule has 1 aromatic heterocycles. The zero-order valence-corrected chi connectivity index (χ0v) is 13.3. The first kappa shape index (κ1) is 15.2. The molecule has 0 aliphatic rings. The number of rotatable bonds is 7. The molecule has 1 unspecified atom stereocenters. The van der Waals surface area contributed by atoms with Crippen LogP contribution in [-0.2, 0) is 5.88 Å². The smallest absolute Gasteiger partial charge is 0.147 e. The van der Waals surface area contributed by atoms with Crippen LogP contribution in [0.3, 0.4) is 0 Å². The molecule has 1 heterocycles. The molecule has 0 aliphatic carbocycles. The van der Waals surface area contributed by atoms with Gasteiger partial charge in [-0.15, -0.1) is 11.6 Å². The first-order chi connectivity index (χ1) is 9.72. The van der Waals surface area contributed by atoms with Crippen LogP contribution in [0, 0.1) is 0 Å². The summed E-state index contributed by atoms with van der Waals surface area (Å²) in [6.45, 7) is 7.09. The second kappa shape index (κ2) is 6.98. The number of unbranched alkanes of at least 4 members (excludes halogenated alkanes) is 1. The highest BCUT2D eigenvalue weighted by molar-refractivity contribution is 6.16. The number of halogens is 1. The molecule has 0 spiro atoms. The van der Waals surface area contributed by atoms with E-state index < -0.39 is 0 Å². The summed E-state index contributed by atoms with van der Waals surface area (Å²) < 4.78 is 7.94. The van der Waals surface area contributed by atoms with Gasteiger partial charge in [0.25, 0.3) is 0 Å². The van der Waals surface area contributed by atoms with E-state index in [1.165, 1.54) is 12.8 Å². The van der Waals surface area contributed by atoms with Gasteiger partial charge < -0.3 is 9.30 Å². The fourth-order valence-corrected chi connectivity index (χ4v) is 2.81. The number of imidazole rings is 1. The maximum absolute atomic E-state index is 6.09. The Morgan fingerprint density at radius 1 is 1.35 bits per heavy atom. The standard InChI is InChI=1S/C16H23ClN2O/c1-4-6-8-12(3)19-13-9-7-10-14(20-5-2)16(13)18-15(19)11-17/h7,9-10,12H,4-6,8,11H2,1-3H3. The Hall–Kier alpha value is -1.22. The van der Waals surface area contributed by atoms with Crippen LogP contribution in [0.4, 0.5) is 0 Å². The van der Waals surface area contributed by atoms with E-state index in [1.54, 1.807) is 0 Å². The monoisotopic (exact) mass is 294 g/mol. The van der Waals surface area contributed by atoms with Crippen LogP contribution in [0.5, 0.6) is 5.75 Å². The first-order valence-electron chi connectivity index (χ1n) is 7.41. The number of alkyl halides is 1. The molecule has 1 atom stereocenters. The molecule has 0 fully saturated rings. The van der Waals surface area contributed by atoms with Gasteiger partial charge in [0.15, 0.2) is 0 Å². The van der Waals surface area contributed by atoms with Gasteiger partial charge >= 0.3 is 0 Å². The van der Waals surface area contributed by atoms with Gasteiger partial charge in [-0.25, -0.2) is 4.98 Å². The number of hydrogen-bond acceptors (Lipinski definition) is 2. The lowest BCUT2D eigenvalue weighted by atomic mass is 10.1. The van der Waals surface area contributed by atoms with E-state index in [4.69, 9.17) is 16.3 Å². The van der Waals surface area contributed by atoms with Gasteiger partial charge in [0.05, 0.1) is 18.0 Å². The van der Waals surface area contributed by atoms with Crippen LogP contribution in [0.2, 0.25) is 0 Å². The topological polar surface area (TPSA) is 27.1 Å². The average molecular weight is 295 g/mol. The lowest BCUT2D eigenvalue weighted by molar-refractivity contribution is 0.343. The van der Waals surface area contributed by atoms with Crippen molar-refractivity contribution in [2.45, 2.75) is 52.0 Å². The number of nitrogens with zero attached hydrogens (tertiary/aromatic N) is 2. The van der Waals surface area contributed by atoms with Crippen molar-refractivity contribution in [1.29, 1.82) is 0 Å². The Balaban J connectivity index is 2.49. The Kier molecular flexibility index (Phi) is 5.30. The Labute approximate surface area is 125 Å². The molecular formula is C16H23ClN2O. The van der Waals surface area contributed by atoms with Crippen molar-refractivity contribution >= 4 is 22.6 Å². The zero-order chi connectivity index (χ0) is 14.5. The third-order valence-electron chi connectivity index (χ3n) is 3.59. The minimum atomic E-state index is 0.408. The largest absolute Gasteiger partial charge is 0.492 e. The van der Waals surface area contributed by atoms with Crippen molar-refractivity contribution in [3.63, 3.8) is 0 Å². The van der Waals surface area contributed by atoms with Crippen molar-refractivity contribution < 1.29 is 4.74 Å². The predicted molar refractivity (Wildman–Crippen MR) is 84.7 cm³/mol. The summed E-state index contributed by atoms with van der Waals surface area (Å²) in [5.74, 6) is 2.20. The summed E-state index contributed by atoms with van der Waals surface area (Å²) in [5, 5.41) is 0. The Morgan fingerprint density at radius 2 is 2.15 bits per heavy atom. The average Bonchev–Trinajstić information content (AvgIpc) is 2.84. The van der Waals surface area contributed by atoms with Crippen LogP contribution >= 0.6 is 11.6 Å². The van der Waals surface area contributed by atoms with Crippen LogP contribution in [-0.4, -0.2) is 16.2 Å². The summed E-state index contributed by atoms with van der Waals surface area (Å²) in [5.41, 5.74) is 2.04. The highest BCUT2D eigenvalue weighted by Gasteiger charge is 2.17. The molecule has 20 heavy (non-hydrogen) atoms. The van der Waals surface area contributed by atoms with E-state index >= 15 is 0 Å². The fraction of sp³-hybridized carbons (Fsp3) is 0.562. The van der Waals surface area contributed by atoms with E-state index in [1.807, 2.05) is 19.1 Å². The summed E-state index contributed by atoms with van der Waals surface area (Å²) in [7, 11) is 0. The summed E-state index contributed by atoms with van der Waals surface area (Å²) in [4.78, 5) is 4.68. The van der Waals surface area contributed by atoms with Crippen molar-refractivity contribution in [3.8, 4) is 5.75 Å². The quantitative estimate of drug-likeness (QED) is 0.677. The van der Waals surface area contributed by atoms with E-state index in [9.17, 15) is 0 Å². The van der Waals surface area contributed by atoms with Crippen LogP contribution in [0.1, 0.15) is 51.9 Å². The molecule has 0 saturated carbocycles. The SMILES string of the molecule is CCCCC(C)n1c(CCl)nc2c(OCC)cccc21. The highest BCUT2D eigenvalue weighted by Crippen LogP contribution is 2.30. The van der Waals surface area contributed by atoms with Crippen molar-refractivity contribution in [3.05, 3.63) is 24.0 Å². The third kappa shape index (κ3) is 2.93. The molecule has 0 N–H and O–H groups in total. The second-order valence-electron chi connectivity index (χ2n) is 5.08. The van der Waals surface area contributed by atoms with Gasteiger partial charge in [-0.05, 0) is 32.4 Å². The Bertz CT molecular complexity index is 565. The molecule has 1 aromatic carbocycles. The van der Waals surface area contributed by atoms with Gasteiger partial charge in [0.1, 0.15) is 17.1 Å². The zero-order valence-electron chi connectivity index (χ0n) is 12.5. The number of benzene rings is 1. The van der Waals surface area contributed by atoms with Crippen LogP contribution in [0.25, 0.3) is 11.0 Å². The molecule has 2 rings (SSSR count). The van der Waals surface area contributed by atoms with Gasteiger partial charge in [-0.2, -0.15) is 0 Å². The van der Waals surface area contributed by atoms with Crippen LogP contribution < -0.4 is 4.74 Å². The lowest BCUT2D eigenvalue weighted by Gasteiger charge is -2.16. The molecule has 110 valence electrons. The van der Waals surface area contributed by atoms with Crippen molar-refractivity contribution in [2.75, 3.05) is 6.61 Å². The maximum Gasteiger partial charge on any atom is 0.147 e. The normalized spacial score (nSPS) is 12.8. The minimum Gasteiger partial charge on any atom is -0.492 e. The van der Waals surface area contributed by atoms with E-state index in [0.717, 1.165) is 29.0 Å². The molecule has 0 amide bonds. The molecule has 4 heteroatoms. The fourth-order valence-electron chi connectivity index (χ4n) is 2.63. The number of para-hydroxylation sites is 1. The third-order valence-corrected chi connectivity index (χ3v) is 3.83. The van der Waals surface area contributed by atoms with Crippen molar-refractivity contribution in [2.24, 2.45) is 0 Å². The molecule has 0 aliphatic heterocycles. The molecular weight excluding hydrogens is 272 g/mol. The number of aromatic nitrogens is 2. The minimum absolute atomic E-state index is 0.408. The summed E-state index contributed by atoms with van der Waals surface area (Å²) in [6, 6.07) is 6.50. The molecule has 3 nitrogen and oxygen atoms in total. The lowest BCUT2D eigenvalue weighted by Crippen LogP contribution is -2.08. The highest BCUT2D eigenvalue weighted by atomic mass is 35.5. The van der Waals surface area contributed by atoms with Crippen LogP contribution in [0.15, 0.2) is 18.2 Å². The van der Waals surface area contributed by atoms with E-state index in [-0.39, 0.29) is 0 Å². The first-order valence-corrected chi connectivity index (χ1v) is 7.94. The van der Waals surface area contributed by atoms with E-state index in [0.29, 0.717) is 18.5 Å². The number of hydrogen-bond donors (Lipinski definition) is 0. The van der Waals surface area contributed by atoms with E-state index in [2.05, 4.69) is 29.5 Å².